The molecule has 0 saturated heterocycles. The number of aromatic amines is 4. The molecule has 0 fully saturated rings. The maximum Gasteiger partial charge on any atom is 0.407 e. The molecular formula is C44H60N10O6. The van der Waals surface area contributed by atoms with Crippen LogP contribution in [0.4, 0.5) is 9.59 Å². The molecule has 0 spiro atoms. The van der Waals surface area contributed by atoms with Gasteiger partial charge in [0.1, 0.15) is 24.7 Å². The van der Waals surface area contributed by atoms with Crippen LogP contribution in [0.1, 0.15) is 78.9 Å². The number of rotatable bonds is 15. The Morgan fingerprint density at radius 2 is 0.950 bits per heavy atom. The monoisotopic (exact) mass is 824 g/mol. The molecule has 0 aliphatic heterocycles. The third kappa shape index (κ3) is 11.8. The third-order valence-corrected chi connectivity index (χ3v) is 9.09. The number of benzene rings is 2. The van der Waals surface area contributed by atoms with Crippen LogP contribution >= 0.6 is 0 Å². The molecule has 2 aromatic carbocycles. The van der Waals surface area contributed by atoms with Crippen LogP contribution < -0.4 is 10.6 Å². The molecule has 0 aliphatic rings. The maximum atomic E-state index is 12.8. The number of hydrogen-bond acceptors (Lipinski definition) is 8. The van der Waals surface area contributed by atoms with Crippen LogP contribution in [0.5, 0.6) is 0 Å². The van der Waals surface area contributed by atoms with Crippen molar-refractivity contribution in [3.8, 4) is 33.6 Å². The molecule has 0 radical (unpaired) electrons. The van der Waals surface area contributed by atoms with Gasteiger partial charge in [-0.15, -0.1) is 0 Å². The van der Waals surface area contributed by atoms with Gasteiger partial charge in [0.25, 0.3) is 0 Å². The maximum absolute atomic E-state index is 12.8. The van der Waals surface area contributed by atoms with E-state index < -0.39 is 12.2 Å². The molecule has 0 atom stereocenters. The van der Waals surface area contributed by atoms with Crippen molar-refractivity contribution < 1.29 is 28.7 Å². The number of amides is 4. The van der Waals surface area contributed by atoms with E-state index in [1.54, 1.807) is 22.2 Å². The van der Waals surface area contributed by atoms with Gasteiger partial charge in [0, 0.05) is 47.4 Å². The van der Waals surface area contributed by atoms with Crippen LogP contribution in [-0.2, 0) is 32.2 Å². The summed E-state index contributed by atoms with van der Waals surface area (Å²) in [5.74, 6) is 0.785. The Balaban J connectivity index is 0.00000125. The normalized spacial score (nSPS) is 10.6. The van der Waals surface area contributed by atoms with Gasteiger partial charge >= 0.3 is 12.2 Å². The highest BCUT2D eigenvalue weighted by Crippen LogP contribution is 2.39. The number of fused-ring (bicyclic) bond motifs is 2. The fourth-order valence-electron chi connectivity index (χ4n) is 6.54. The lowest BCUT2D eigenvalue weighted by molar-refractivity contribution is -0.131. The van der Waals surface area contributed by atoms with Crippen molar-refractivity contribution in [2.45, 2.75) is 80.3 Å². The Labute approximate surface area is 351 Å². The zero-order valence-electron chi connectivity index (χ0n) is 36.1. The second-order valence-electron chi connectivity index (χ2n) is 14.1. The molecule has 6 aromatic rings. The molecule has 6 rings (SSSR count). The summed E-state index contributed by atoms with van der Waals surface area (Å²) in [4.78, 5) is 74.7. The largest absolute Gasteiger partial charge is 0.453 e. The van der Waals surface area contributed by atoms with Gasteiger partial charge in [0.2, 0.25) is 11.8 Å². The number of ether oxygens (including phenoxy) is 2. The smallest absolute Gasteiger partial charge is 0.407 e. The van der Waals surface area contributed by atoms with Gasteiger partial charge in [-0.05, 0) is 36.1 Å². The Bertz CT molecular complexity index is 2140. The highest BCUT2D eigenvalue weighted by molar-refractivity contribution is 6.10. The van der Waals surface area contributed by atoms with Crippen LogP contribution in [0.2, 0.25) is 0 Å². The first-order valence-corrected chi connectivity index (χ1v) is 20.6. The average Bonchev–Trinajstić information content (AvgIpc) is 4.09. The van der Waals surface area contributed by atoms with E-state index in [1.165, 1.54) is 27.1 Å². The fraction of sp³-hybridized carbons (Fsp3) is 0.409. The highest BCUT2D eigenvalue weighted by atomic mass is 16.5. The van der Waals surface area contributed by atoms with Crippen molar-refractivity contribution >= 4 is 45.8 Å². The first-order valence-electron chi connectivity index (χ1n) is 20.6. The number of nitrogens with one attached hydrogen (secondary N) is 6. The Morgan fingerprint density at radius 3 is 1.30 bits per heavy atom. The summed E-state index contributed by atoms with van der Waals surface area (Å²) in [6, 6.07) is 12.4. The SMILES string of the molecule is CCC.CCC.CCCN(Cc1ncc(-c2ccc(-c3ccc(-c4cnc(CN(CCC)C(=O)CNC(=O)OC)[nH]4)c4[nH]ccc34)c3cc[nH]c23)[nH]1)C(=O)CNC(=O)OC. The topological polar surface area (TPSA) is 206 Å². The first-order chi connectivity index (χ1) is 29.1. The number of alkyl carbamates (subject to hydrolysis) is 2. The predicted molar refractivity (Wildman–Crippen MR) is 235 cm³/mol. The van der Waals surface area contributed by atoms with Crippen molar-refractivity contribution in [2.75, 3.05) is 40.4 Å². The molecule has 4 aromatic heterocycles. The predicted octanol–water partition coefficient (Wildman–Crippen LogP) is 8.12. The van der Waals surface area contributed by atoms with E-state index in [2.05, 4.69) is 114 Å². The summed E-state index contributed by atoms with van der Waals surface area (Å²) < 4.78 is 9.17. The molecule has 4 amide bonds. The summed E-state index contributed by atoms with van der Waals surface area (Å²) >= 11 is 0. The van der Waals surface area contributed by atoms with E-state index in [4.69, 9.17) is 0 Å². The van der Waals surface area contributed by atoms with Gasteiger partial charge in [-0.2, -0.15) is 0 Å². The molecule has 6 N–H and O–H groups in total. The van der Waals surface area contributed by atoms with E-state index in [-0.39, 0.29) is 38.0 Å². The molecule has 16 nitrogen and oxygen atoms in total. The second-order valence-corrected chi connectivity index (χ2v) is 14.1. The molecule has 0 saturated carbocycles. The minimum absolute atomic E-state index is 0.165. The fourth-order valence-corrected chi connectivity index (χ4v) is 6.54. The molecule has 60 heavy (non-hydrogen) atoms. The number of carbonyl (C=O) groups excluding carboxylic acids is 4. The van der Waals surface area contributed by atoms with Crippen molar-refractivity contribution in [1.29, 1.82) is 0 Å². The number of H-pyrrole nitrogens is 4. The lowest BCUT2D eigenvalue weighted by atomic mass is 9.94. The number of hydrogen-bond donors (Lipinski definition) is 6. The van der Waals surface area contributed by atoms with E-state index in [9.17, 15) is 19.2 Å². The summed E-state index contributed by atoms with van der Waals surface area (Å²) in [7, 11) is 2.51. The van der Waals surface area contributed by atoms with E-state index in [0.717, 1.165) is 68.3 Å². The zero-order valence-corrected chi connectivity index (χ0v) is 36.1. The van der Waals surface area contributed by atoms with Crippen LogP contribution in [0.25, 0.3) is 55.4 Å². The number of aromatic nitrogens is 6. The Morgan fingerprint density at radius 1 is 0.583 bits per heavy atom. The Kier molecular flexibility index (Phi) is 17.8. The van der Waals surface area contributed by atoms with Crippen LogP contribution in [0.15, 0.2) is 61.2 Å². The molecular weight excluding hydrogens is 765 g/mol. The van der Waals surface area contributed by atoms with Gasteiger partial charge < -0.3 is 49.8 Å². The van der Waals surface area contributed by atoms with Gasteiger partial charge in [-0.3, -0.25) is 9.59 Å². The minimum Gasteiger partial charge on any atom is -0.453 e. The van der Waals surface area contributed by atoms with Gasteiger partial charge in [-0.25, -0.2) is 19.6 Å². The van der Waals surface area contributed by atoms with Crippen LogP contribution in [0.3, 0.4) is 0 Å². The number of methoxy groups -OCH3 is 2. The number of nitrogens with zero attached hydrogens (tertiary/aromatic N) is 4. The lowest BCUT2D eigenvalue weighted by Gasteiger charge is -2.21. The molecule has 4 heterocycles. The number of carbonyl (C=O) groups is 4. The van der Waals surface area contributed by atoms with Crippen molar-refractivity contribution in [1.82, 2.24) is 50.3 Å². The second kappa shape index (κ2) is 23.1. The summed E-state index contributed by atoms with van der Waals surface area (Å²) in [6.07, 6.45) is 10.0. The van der Waals surface area contributed by atoms with Gasteiger partial charge in [-0.1, -0.05) is 78.6 Å². The highest BCUT2D eigenvalue weighted by Gasteiger charge is 2.20. The standard InChI is InChI=1S/C38H44N10O6.2C3H8/c1-5-15-47(33(49)19-43-37(51)53-3)21-31-41-17-29(45-31)27-9-7-23(25-11-13-39-35(25)27)24-8-10-28(36-26(24)12-14-40-36)30-18-42-32(46-30)22-48(16-6-2)34(50)20-44-38(52)54-4;2*1-3-2/h7-14,17-18,39-40H,5-6,15-16,19-22H2,1-4H3,(H,41,45)(H,42,46)(H,43,51)(H,44,52);2*3H2,1-2H3. The minimum atomic E-state index is -0.659. The van der Waals surface area contributed by atoms with E-state index >= 15 is 0 Å². The molecule has 0 unspecified atom stereocenters. The zero-order chi connectivity index (χ0) is 43.6. The van der Waals surface area contributed by atoms with Crippen molar-refractivity contribution in [2.24, 2.45) is 0 Å². The molecule has 0 bridgehead atoms. The van der Waals surface area contributed by atoms with Crippen LogP contribution in [-0.4, -0.2) is 104 Å². The quantitative estimate of drug-likeness (QED) is 0.0595. The molecule has 16 heteroatoms. The van der Waals surface area contributed by atoms with E-state index in [0.29, 0.717) is 24.7 Å². The number of imidazole rings is 2. The summed E-state index contributed by atoms with van der Waals surface area (Å²) in [5.41, 5.74) is 7.43. The van der Waals surface area contributed by atoms with Crippen molar-refractivity contribution in [3.63, 3.8) is 0 Å². The molecule has 322 valence electrons. The van der Waals surface area contributed by atoms with Crippen LogP contribution in [0, 0.1) is 0 Å². The molecule has 0 aliphatic carbocycles. The third-order valence-electron chi connectivity index (χ3n) is 9.09. The average molecular weight is 825 g/mol. The summed E-state index contributed by atoms with van der Waals surface area (Å²) in [5, 5.41) is 6.96. The van der Waals surface area contributed by atoms with Gasteiger partial charge in [0.05, 0.1) is 62.1 Å². The van der Waals surface area contributed by atoms with Crippen molar-refractivity contribution in [3.05, 3.63) is 72.8 Å². The van der Waals surface area contributed by atoms with Gasteiger partial charge in [0.15, 0.2) is 0 Å². The Hall–Kier alpha value is -6.58. The van der Waals surface area contributed by atoms with E-state index in [1.807, 2.05) is 26.2 Å². The first kappa shape index (κ1) is 46.1. The summed E-state index contributed by atoms with van der Waals surface area (Å²) in [6.45, 7) is 13.7. The lowest BCUT2D eigenvalue weighted by Crippen LogP contribution is -2.40.